The average Bonchev–Trinajstić information content (AvgIpc) is 2.88. The zero-order valence-electron chi connectivity index (χ0n) is 12.4. The number of nitrogens with one attached hydrogen (secondary N) is 1. The minimum atomic E-state index is 0.720. The van der Waals surface area contributed by atoms with Crippen molar-refractivity contribution in [1.29, 1.82) is 0 Å². The van der Waals surface area contributed by atoms with Crippen molar-refractivity contribution in [2.45, 2.75) is 57.9 Å². The molecule has 0 aromatic heterocycles. The highest BCUT2D eigenvalue weighted by Gasteiger charge is 2.17. The molecular weight excluding hydrogens is 224 g/mol. The van der Waals surface area contributed by atoms with Crippen LogP contribution < -0.4 is 5.32 Å². The summed E-state index contributed by atoms with van der Waals surface area (Å²) in [6.07, 6.45) is 9.54. The first-order valence-corrected chi connectivity index (χ1v) is 7.81. The second-order valence-electron chi connectivity index (χ2n) is 5.50. The van der Waals surface area contributed by atoms with Gasteiger partial charge in [-0.1, -0.05) is 32.6 Å². The molecule has 0 aromatic rings. The topological polar surface area (TPSA) is 24.5 Å². The summed E-state index contributed by atoms with van der Waals surface area (Å²) in [5, 5.41) is 3.59. The number of methoxy groups -OCH3 is 1. The van der Waals surface area contributed by atoms with Gasteiger partial charge in [-0.3, -0.25) is 4.90 Å². The van der Waals surface area contributed by atoms with E-state index in [1.54, 1.807) is 7.11 Å². The van der Waals surface area contributed by atoms with E-state index in [0.29, 0.717) is 0 Å². The molecule has 1 heterocycles. The van der Waals surface area contributed by atoms with Crippen molar-refractivity contribution in [2.75, 3.05) is 39.9 Å². The van der Waals surface area contributed by atoms with Gasteiger partial charge in [-0.2, -0.15) is 0 Å². The van der Waals surface area contributed by atoms with Crippen molar-refractivity contribution in [3.05, 3.63) is 0 Å². The molecule has 0 spiro atoms. The maximum absolute atomic E-state index is 5.22. The van der Waals surface area contributed by atoms with Crippen LogP contribution in [0.1, 0.15) is 51.9 Å². The molecule has 0 saturated carbocycles. The van der Waals surface area contributed by atoms with Gasteiger partial charge in [0.2, 0.25) is 0 Å². The third-order valence-electron chi connectivity index (χ3n) is 3.83. The lowest BCUT2D eigenvalue weighted by Gasteiger charge is -2.25. The van der Waals surface area contributed by atoms with Gasteiger partial charge < -0.3 is 10.1 Å². The third kappa shape index (κ3) is 7.34. The number of hydrogen-bond acceptors (Lipinski definition) is 3. The van der Waals surface area contributed by atoms with Gasteiger partial charge in [-0.15, -0.1) is 0 Å². The van der Waals surface area contributed by atoms with Gasteiger partial charge in [0.1, 0.15) is 0 Å². The lowest BCUT2D eigenvalue weighted by molar-refractivity contribution is 0.140. The van der Waals surface area contributed by atoms with Crippen LogP contribution in [0.15, 0.2) is 0 Å². The largest absolute Gasteiger partial charge is 0.383 e. The molecule has 0 aromatic carbocycles. The highest BCUT2D eigenvalue weighted by molar-refractivity contribution is 4.77. The molecule has 3 nitrogen and oxygen atoms in total. The molecule has 0 aliphatic carbocycles. The van der Waals surface area contributed by atoms with Crippen LogP contribution >= 0.6 is 0 Å². The average molecular weight is 256 g/mol. The van der Waals surface area contributed by atoms with Crippen LogP contribution in [0.4, 0.5) is 0 Å². The first-order chi connectivity index (χ1) is 8.86. The number of hydrogen-bond donors (Lipinski definition) is 1. The highest BCUT2D eigenvalue weighted by Crippen LogP contribution is 2.09. The molecule has 18 heavy (non-hydrogen) atoms. The summed E-state index contributed by atoms with van der Waals surface area (Å²) in [5.74, 6) is 0. The van der Waals surface area contributed by atoms with Crippen molar-refractivity contribution in [2.24, 2.45) is 0 Å². The molecule has 108 valence electrons. The molecule has 0 amide bonds. The van der Waals surface area contributed by atoms with E-state index in [4.69, 9.17) is 4.74 Å². The summed E-state index contributed by atoms with van der Waals surface area (Å²) in [4.78, 5) is 2.58. The van der Waals surface area contributed by atoms with Gasteiger partial charge >= 0.3 is 0 Å². The molecule has 1 rings (SSSR count). The summed E-state index contributed by atoms with van der Waals surface area (Å²) in [7, 11) is 1.80. The Morgan fingerprint density at radius 1 is 1.17 bits per heavy atom. The Labute approximate surface area is 113 Å². The van der Waals surface area contributed by atoms with Crippen molar-refractivity contribution in [3.8, 4) is 0 Å². The number of unbranched alkanes of at least 4 members (excludes halogenated alkanes) is 4. The monoisotopic (exact) mass is 256 g/mol. The Bertz CT molecular complexity index is 181. The molecule has 0 radical (unpaired) electrons. The van der Waals surface area contributed by atoms with E-state index in [1.165, 1.54) is 64.6 Å². The van der Waals surface area contributed by atoms with Gasteiger partial charge in [-0.05, 0) is 32.4 Å². The fraction of sp³-hybridized carbons (Fsp3) is 1.00. The van der Waals surface area contributed by atoms with E-state index in [2.05, 4.69) is 17.1 Å². The summed E-state index contributed by atoms with van der Waals surface area (Å²) < 4.78 is 5.22. The highest BCUT2D eigenvalue weighted by atomic mass is 16.5. The predicted molar refractivity (Wildman–Crippen MR) is 78.1 cm³/mol. The van der Waals surface area contributed by atoms with Crippen molar-refractivity contribution < 1.29 is 4.74 Å². The van der Waals surface area contributed by atoms with Crippen LogP contribution in [0.5, 0.6) is 0 Å². The van der Waals surface area contributed by atoms with Crippen LogP contribution in [0.3, 0.4) is 0 Å². The van der Waals surface area contributed by atoms with Crippen LogP contribution in [0, 0.1) is 0 Å². The predicted octanol–water partition coefficient (Wildman–Crippen LogP) is 2.66. The van der Waals surface area contributed by atoms with Gasteiger partial charge in [-0.25, -0.2) is 0 Å². The minimum Gasteiger partial charge on any atom is -0.383 e. The smallest absolute Gasteiger partial charge is 0.0589 e. The van der Waals surface area contributed by atoms with E-state index in [-0.39, 0.29) is 0 Å². The van der Waals surface area contributed by atoms with E-state index >= 15 is 0 Å². The number of nitrogens with zero attached hydrogens (tertiary/aromatic N) is 1. The van der Waals surface area contributed by atoms with Crippen molar-refractivity contribution in [3.63, 3.8) is 0 Å². The molecule has 1 fully saturated rings. The van der Waals surface area contributed by atoms with Crippen molar-refractivity contribution in [1.82, 2.24) is 10.2 Å². The maximum Gasteiger partial charge on any atom is 0.0589 e. The number of ether oxygens (including phenoxy) is 1. The molecule has 1 unspecified atom stereocenters. The lowest BCUT2D eigenvalue weighted by Crippen LogP contribution is -2.39. The molecular formula is C15H32N2O. The first-order valence-electron chi connectivity index (χ1n) is 7.81. The van der Waals surface area contributed by atoms with Crippen molar-refractivity contribution >= 4 is 0 Å². The van der Waals surface area contributed by atoms with E-state index in [9.17, 15) is 0 Å². The van der Waals surface area contributed by atoms with Gasteiger partial charge in [0, 0.05) is 26.2 Å². The minimum absolute atomic E-state index is 0.720. The summed E-state index contributed by atoms with van der Waals surface area (Å²) in [6, 6.07) is 0.720. The van der Waals surface area contributed by atoms with Gasteiger partial charge in [0.05, 0.1) is 6.61 Å². The van der Waals surface area contributed by atoms with Crippen LogP contribution in [-0.2, 0) is 4.74 Å². The first kappa shape index (κ1) is 15.9. The molecule has 0 bridgehead atoms. The van der Waals surface area contributed by atoms with E-state index in [1.807, 2.05) is 0 Å². The standard InChI is InChI=1S/C15H32N2O/c1-3-4-5-6-7-11-17(12-13-18-2)14-15-9-8-10-16-15/h15-16H,3-14H2,1-2H3. The van der Waals surface area contributed by atoms with Crippen LogP contribution in [0.25, 0.3) is 0 Å². The molecule has 1 saturated heterocycles. The SMILES string of the molecule is CCCCCCCN(CCOC)CC1CCCN1. The quantitative estimate of drug-likeness (QED) is 0.575. The summed E-state index contributed by atoms with van der Waals surface area (Å²) >= 11 is 0. The second kappa shape index (κ2) is 10.8. The summed E-state index contributed by atoms with van der Waals surface area (Å²) in [5.41, 5.74) is 0. The Kier molecular flexibility index (Phi) is 9.54. The van der Waals surface area contributed by atoms with Crippen LogP contribution in [0.2, 0.25) is 0 Å². The molecule has 1 N–H and O–H groups in total. The zero-order valence-corrected chi connectivity index (χ0v) is 12.4. The fourth-order valence-corrected chi connectivity index (χ4v) is 2.68. The zero-order chi connectivity index (χ0) is 13.1. The lowest BCUT2D eigenvalue weighted by atomic mass is 10.1. The Balaban J connectivity index is 2.13. The Morgan fingerprint density at radius 3 is 2.67 bits per heavy atom. The van der Waals surface area contributed by atoms with Gasteiger partial charge in [0.25, 0.3) is 0 Å². The Hall–Kier alpha value is -0.120. The molecule has 1 aliphatic rings. The van der Waals surface area contributed by atoms with E-state index in [0.717, 1.165) is 19.2 Å². The molecule has 1 atom stereocenters. The number of rotatable bonds is 11. The molecule has 3 heteroatoms. The molecule has 1 aliphatic heterocycles. The second-order valence-corrected chi connectivity index (χ2v) is 5.50. The summed E-state index contributed by atoms with van der Waals surface area (Å²) in [6.45, 7) is 7.88. The maximum atomic E-state index is 5.22. The van der Waals surface area contributed by atoms with Crippen LogP contribution in [-0.4, -0.2) is 50.8 Å². The Morgan fingerprint density at radius 2 is 2.00 bits per heavy atom. The van der Waals surface area contributed by atoms with E-state index < -0.39 is 0 Å². The van der Waals surface area contributed by atoms with Gasteiger partial charge in [0.15, 0.2) is 0 Å². The fourth-order valence-electron chi connectivity index (χ4n) is 2.68. The normalized spacial score (nSPS) is 19.8. The third-order valence-corrected chi connectivity index (χ3v) is 3.83.